The average molecular weight is 328 g/mol. The van der Waals surface area contributed by atoms with Gasteiger partial charge in [0.1, 0.15) is 0 Å². The lowest BCUT2D eigenvalue weighted by Gasteiger charge is -2.18. The summed E-state index contributed by atoms with van der Waals surface area (Å²) < 4.78 is 37.0. The standard InChI is InChI=1S/C16H8O6S/c17-15-12-5-8-3-1-2-4-10(8)11-6-9(23(19,20)21)7-13(14(11)12)16(18)22-15/h1-7H,(H,19,20,21). The van der Waals surface area contributed by atoms with Crippen molar-refractivity contribution in [2.75, 3.05) is 0 Å². The van der Waals surface area contributed by atoms with Gasteiger partial charge in [0.15, 0.2) is 0 Å². The first kappa shape index (κ1) is 13.9. The van der Waals surface area contributed by atoms with Gasteiger partial charge in [-0.1, -0.05) is 24.3 Å². The molecular weight excluding hydrogens is 320 g/mol. The van der Waals surface area contributed by atoms with Gasteiger partial charge in [0, 0.05) is 5.39 Å². The Hall–Kier alpha value is -2.77. The van der Waals surface area contributed by atoms with Crippen molar-refractivity contribution in [2.45, 2.75) is 4.90 Å². The molecule has 6 nitrogen and oxygen atoms in total. The first-order valence-corrected chi connectivity index (χ1v) is 8.04. The number of carbonyl (C=O) groups is 2. The molecule has 0 saturated heterocycles. The molecule has 0 aliphatic carbocycles. The summed E-state index contributed by atoms with van der Waals surface area (Å²) in [6.07, 6.45) is 0. The molecule has 0 atom stereocenters. The van der Waals surface area contributed by atoms with Crippen molar-refractivity contribution in [3.63, 3.8) is 0 Å². The van der Waals surface area contributed by atoms with Crippen LogP contribution < -0.4 is 0 Å². The van der Waals surface area contributed by atoms with Gasteiger partial charge in [-0.15, -0.1) is 0 Å². The van der Waals surface area contributed by atoms with Gasteiger partial charge >= 0.3 is 11.9 Å². The van der Waals surface area contributed by atoms with Gasteiger partial charge < -0.3 is 4.74 Å². The molecule has 3 aromatic rings. The lowest BCUT2D eigenvalue weighted by Crippen LogP contribution is -2.20. The number of esters is 2. The predicted octanol–water partition coefficient (Wildman–Crippen LogP) is 2.55. The van der Waals surface area contributed by atoms with Crippen LogP contribution in [0.4, 0.5) is 0 Å². The van der Waals surface area contributed by atoms with E-state index in [4.69, 9.17) is 0 Å². The van der Waals surface area contributed by atoms with Gasteiger partial charge in [0.05, 0.1) is 16.0 Å². The highest BCUT2D eigenvalue weighted by Crippen LogP contribution is 2.36. The average Bonchev–Trinajstić information content (AvgIpc) is 2.50. The van der Waals surface area contributed by atoms with Gasteiger partial charge in [-0.3, -0.25) is 4.55 Å². The lowest BCUT2D eigenvalue weighted by molar-refractivity contribution is 0.0391. The normalized spacial score (nSPS) is 14.3. The van der Waals surface area contributed by atoms with Crippen LogP contribution in [-0.4, -0.2) is 24.9 Å². The second-order valence-electron chi connectivity index (χ2n) is 5.19. The first-order valence-electron chi connectivity index (χ1n) is 6.60. The van der Waals surface area contributed by atoms with Crippen LogP contribution in [0, 0.1) is 0 Å². The molecule has 23 heavy (non-hydrogen) atoms. The fourth-order valence-corrected chi connectivity index (χ4v) is 3.41. The van der Waals surface area contributed by atoms with Crippen LogP contribution in [0.1, 0.15) is 20.7 Å². The second kappa shape index (κ2) is 4.37. The molecular formula is C16H8O6S. The van der Waals surface area contributed by atoms with E-state index in [2.05, 4.69) is 4.74 Å². The van der Waals surface area contributed by atoms with Crippen LogP contribution in [-0.2, 0) is 14.9 Å². The Kier molecular flexibility index (Phi) is 2.64. The third-order valence-corrected chi connectivity index (χ3v) is 4.69. The molecule has 1 aliphatic heterocycles. The SMILES string of the molecule is O=C1OC(=O)c2cc3ccccc3c3cc(S(=O)(=O)O)cc1c23. The van der Waals surface area contributed by atoms with Crippen LogP contribution in [0.2, 0.25) is 0 Å². The van der Waals surface area contributed by atoms with E-state index in [1.807, 2.05) is 0 Å². The fraction of sp³-hybridized carbons (Fsp3) is 0. The van der Waals surface area contributed by atoms with Gasteiger partial charge in [-0.25, -0.2) is 9.59 Å². The number of cyclic esters (lactones) is 2. The molecule has 3 aromatic carbocycles. The summed E-state index contributed by atoms with van der Waals surface area (Å²) in [5.74, 6) is -1.72. The number of rotatable bonds is 1. The summed E-state index contributed by atoms with van der Waals surface area (Å²) in [4.78, 5) is 23.6. The number of benzene rings is 3. The largest absolute Gasteiger partial charge is 0.386 e. The summed E-state index contributed by atoms with van der Waals surface area (Å²) in [6, 6.07) is 10.9. The van der Waals surface area contributed by atoms with E-state index in [1.54, 1.807) is 30.3 Å². The fourth-order valence-electron chi connectivity index (χ4n) is 2.88. The maximum absolute atomic E-state index is 12.0. The Bertz CT molecular complexity index is 1140. The van der Waals surface area contributed by atoms with E-state index in [1.165, 1.54) is 6.07 Å². The van der Waals surface area contributed by atoms with E-state index < -0.39 is 27.0 Å². The van der Waals surface area contributed by atoms with Gasteiger partial charge in [-0.2, -0.15) is 8.42 Å². The summed E-state index contributed by atoms with van der Waals surface area (Å²) in [7, 11) is -4.51. The van der Waals surface area contributed by atoms with Crippen LogP contribution in [0.5, 0.6) is 0 Å². The highest BCUT2D eigenvalue weighted by Gasteiger charge is 2.30. The summed E-state index contributed by atoms with van der Waals surface area (Å²) >= 11 is 0. The van der Waals surface area contributed by atoms with E-state index in [-0.39, 0.29) is 11.1 Å². The molecule has 1 heterocycles. The molecule has 0 bridgehead atoms. The lowest BCUT2D eigenvalue weighted by atomic mass is 9.92. The monoisotopic (exact) mass is 328 g/mol. The van der Waals surface area contributed by atoms with E-state index in [0.29, 0.717) is 21.5 Å². The summed E-state index contributed by atoms with van der Waals surface area (Å²) in [5.41, 5.74) is 0.130. The molecule has 1 aliphatic rings. The maximum atomic E-state index is 12.0. The van der Waals surface area contributed by atoms with E-state index >= 15 is 0 Å². The zero-order valence-electron chi connectivity index (χ0n) is 11.4. The Balaban J connectivity index is 2.32. The quantitative estimate of drug-likeness (QED) is 0.319. The van der Waals surface area contributed by atoms with Crippen molar-refractivity contribution in [3.05, 3.63) is 53.6 Å². The van der Waals surface area contributed by atoms with Crippen LogP contribution in [0.15, 0.2) is 47.4 Å². The number of hydrogen-bond acceptors (Lipinski definition) is 5. The molecule has 0 spiro atoms. The van der Waals surface area contributed by atoms with Crippen molar-refractivity contribution in [2.24, 2.45) is 0 Å². The van der Waals surface area contributed by atoms with Crippen LogP contribution in [0.25, 0.3) is 21.5 Å². The smallest absolute Gasteiger partial charge is 0.346 e. The zero-order valence-corrected chi connectivity index (χ0v) is 12.3. The van der Waals surface area contributed by atoms with Crippen molar-refractivity contribution in [1.82, 2.24) is 0 Å². The van der Waals surface area contributed by atoms with Crippen molar-refractivity contribution in [1.29, 1.82) is 0 Å². The van der Waals surface area contributed by atoms with Gasteiger partial charge in [-0.05, 0) is 34.4 Å². The molecule has 7 heteroatoms. The topological polar surface area (TPSA) is 97.7 Å². The van der Waals surface area contributed by atoms with Crippen LogP contribution in [0.3, 0.4) is 0 Å². The Labute approximate surface area is 130 Å². The molecule has 114 valence electrons. The second-order valence-corrected chi connectivity index (χ2v) is 6.61. The Morgan fingerprint density at radius 3 is 2.22 bits per heavy atom. The number of ether oxygens (including phenoxy) is 1. The van der Waals surface area contributed by atoms with E-state index in [9.17, 15) is 22.6 Å². The summed E-state index contributed by atoms with van der Waals surface area (Å²) in [5, 5.41) is 2.09. The van der Waals surface area contributed by atoms with Crippen molar-refractivity contribution < 1.29 is 27.3 Å². The van der Waals surface area contributed by atoms with Crippen molar-refractivity contribution >= 4 is 43.6 Å². The summed E-state index contributed by atoms with van der Waals surface area (Å²) in [6.45, 7) is 0. The molecule has 0 fully saturated rings. The van der Waals surface area contributed by atoms with Gasteiger partial charge in [0.2, 0.25) is 0 Å². The minimum Gasteiger partial charge on any atom is -0.386 e. The van der Waals surface area contributed by atoms with Gasteiger partial charge in [0.25, 0.3) is 10.1 Å². The van der Waals surface area contributed by atoms with Crippen molar-refractivity contribution in [3.8, 4) is 0 Å². The number of fused-ring (bicyclic) bond motifs is 2. The highest BCUT2D eigenvalue weighted by molar-refractivity contribution is 7.85. The molecule has 0 amide bonds. The van der Waals surface area contributed by atoms with E-state index in [0.717, 1.165) is 6.07 Å². The molecule has 0 saturated carbocycles. The highest BCUT2D eigenvalue weighted by atomic mass is 32.2. The molecule has 0 aromatic heterocycles. The molecule has 0 unspecified atom stereocenters. The minimum absolute atomic E-state index is 0.0597. The minimum atomic E-state index is -4.51. The number of carbonyl (C=O) groups excluding carboxylic acids is 2. The zero-order chi connectivity index (χ0) is 16.4. The van der Waals surface area contributed by atoms with Crippen LogP contribution >= 0.6 is 0 Å². The molecule has 0 radical (unpaired) electrons. The third kappa shape index (κ3) is 1.94. The third-order valence-electron chi connectivity index (χ3n) is 3.86. The first-order chi connectivity index (χ1) is 10.9. The maximum Gasteiger partial charge on any atom is 0.346 e. The Morgan fingerprint density at radius 1 is 0.870 bits per heavy atom. The Morgan fingerprint density at radius 2 is 1.52 bits per heavy atom. The molecule has 4 rings (SSSR count). The number of hydrogen-bond donors (Lipinski definition) is 1. The molecule has 1 N–H and O–H groups in total. The predicted molar refractivity (Wildman–Crippen MR) is 81.0 cm³/mol.